The summed E-state index contributed by atoms with van der Waals surface area (Å²) in [5.41, 5.74) is 0. The molecule has 0 heterocycles. The average molecular weight is 310 g/mol. The number of hydrogen-bond acceptors (Lipinski definition) is 5. The lowest BCUT2D eigenvalue weighted by molar-refractivity contribution is -0.142. The molecule has 0 radical (unpaired) electrons. The first-order valence-electron chi connectivity index (χ1n) is 6.18. The summed E-state index contributed by atoms with van der Waals surface area (Å²) >= 11 is 0. The van der Waals surface area contributed by atoms with E-state index in [0.29, 0.717) is 13.0 Å². The van der Waals surface area contributed by atoms with Gasteiger partial charge in [0.1, 0.15) is 6.04 Å². The van der Waals surface area contributed by atoms with Crippen LogP contribution >= 0.6 is 0 Å². The summed E-state index contributed by atoms with van der Waals surface area (Å²) in [7, 11) is -2.10. The lowest BCUT2D eigenvalue weighted by Crippen LogP contribution is -2.48. The quantitative estimate of drug-likeness (QED) is 0.453. The van der Waals surface area contributed by atoms with Crippen molar-refractivity contribution >= 4 is 21.9 Å². The molecule has 8 nitrogen and oxygen atoms in total. The molecule has 118 valence electrons. The summed E-state index contributed by atoms with van der Waals surface area (Å²) in [4.78, 5) is 22.4. The molecule has 0 bridgehead atoms. The number of hydrogen-bond donors (Lipinski definition) is 3. The molecule has 1 atom stereocenters. The maximum absolute atomic E-state index is 11.5. The van der Waals surface area contributed by atoms with Crippen LogP contribution in [-0.4, -0.2) is 57.5 Å². The Balaban J connectivity index is 4.24. The second kappa shape index (κ2) is 8.88. The van der Waals surface area contributed by atoms with Crippen molar-refractivity contribution in [3.8, 4) is 0 Å². The number of carboxylic acid groups (broad SMARTS) is 1. The summed E-state index contributed by atoms with van der Waals surface area (Å²) in [5.74, 6) is -2.28. The van der Waals surface area contributed by atoms with E-state index in [1.807, 2.05) is 0 Å². The van der Waals surface area contributed by atoms with E-state index in [1.54, 1.807) is 13.8 Å². The van der Waals surface area contributed by atoms with Gasteiger partial charge < -0.3 is 15.2 Å². The Morgan fingerprint density at radius 3 is 2.35 bits per heavy atom. The Bertz CT molecular complexity index is 421. The number of sulfonamides is 1. The molecule has 0 fully saturated rings. The number of carbonyl (C=O) groups is 2. The molecule has 0 aromatic carbocycles. The van der Waals surface area contributed by atoms with E-state index in [0.717, 1.165) is 0 Å². The van der Waals surface area contributed by atoms with E-state index in [4.69, 9.17) is 9.84 Å². The van der Waals surface area contributed by atoms with Crippen molar-refractivity contribution in [2.45, 2.75) is 26.3 Å². The largest absolute Gasteiger partial charge is 0.480 e. The topological polar surface area (TPSA) is 122 Å². The van der Waals surface area contributed by atoms with Gasteiger partial charge in [0.25, 0.3) is 0 Å². The van der Waals surface area contributed by atoms with Gasteiger partial charge in [-0.05, 0) is 12.3 Å². The second-order valence-corrected chi connectivity index (χ2v) is 6.54. The van der Waals surface area contributed by atoms with E-state index in [9.17, 15) is 18.0 Å². The van der Waals surface area contributed by atoms with Crippen LogP contribution < -0.4 is 10.0 Å². The molecule has 0 rings (SSSR count). The predicted octanol–water partition coefficient (Wildman–Crippen LogP) is -0.832. The van der Waals surface area contributed by atoms with E-state index in [1.165, 1.54) is 7.11 Å². The van der Waals surface area contributed by atoms with Crippen LogP contribution in [-0.2, 0) is 24.3 Å². The molecule has 0 spiro atoms. The van der Waals surface area contributed by atoms with Crippen molar-refractivity contribution in [1.82, 2.24) is 10.0 Å². The van der Waals surface area contributed by atoms with Crippen LogP contribution in [0.1, 0.15) is 20.3 Å². The van der Waals surface area contributed by atoms with Gasteiger partial charge in [-0.1, -0.05) is 13.8 Å². The van der Waals surface area contributed by atoms with Crippen molar-refractivity contribution < 1.29 is 27.9 Å². The van der Waals surface area contributed by atoms with Crippen LogP contribution in [0, 0.1) is 5.92 Å². The van der Waals surface area contributed by atoms with Crippen LogP contribution in [0.2, 0.25) is 0 Å². The van der Waals surface area contributed by atoms with Gasteiger partial charge in [-0.2, -0.15) is 0 Å². The predicted molar refractivity (Wildman–Crippen MR) is 72.7 cm³/mol. The smallest absolute Gasteiger partial charge is 0.326 e. The highest BCUT2D eigenvalue weighted by Gasteiger charge is 2.23. The zero-order valence-corrected chi connectivity index (χ0v) is 12.7. The third kappa shape index (κ3) is 8.08. The Hall–Kier alpha value is -1.19. The van der Waals surface area contributed by atoms with Crippen LogP contribution in [0.5, 0.6) is 0 Å². The molecule has 0 aliphatic carbocycles. The van der Waals surface area contributed by atoms with Gasteiger partial charge in [-0.25, -0.2) is 17.9 Å². The number of aliphatic carboxylic acids is 1. The molecule has 9 heteroatoms. The molecule has 0 aliphatic heterocycles. The fraction of sp³-hybridized carbons (Fsp3) is 0.818. The summed E-state index contributed by atoms with van der Waals surface area (Å²) in [6.07, 6.45) is 0.317. The molecule has 0 saturated carbocycles. The van der Waals surface area contributed by atoms with Gasteiger partial charge in [0, 0.05) is 13.7 Å². The molecule has 0 aromatic rings. The molecular formula is C11H22N2O6S. The number of methoxy groups -OCH3 is 1. The average Bonchev–Trinajstić information content (AvgIpc) is 2.33. The van der Waals surface area contributed by atoms with Crippen LogP contribution in [0.15, 0.2) is 0 Å². The van der Waals surface area contributed by atoms with E-state index < -0.39 is 34.5 Å². The van der Waals surface area contributed by atoms with Crippen LogP contribution in [0.3, 0.4) is 0 Å². The number of ether oxygens (including phenoxy) is 1. The third-order valence-electron chi connectivity index (χ3n) is 2.46. The monoisotopic (exact) mass is 310 g/mol. The third-order valence-corrected chi connectivity index (χ3v) is 3.87. The molecule has 0 unspecified atom stereocenters. The van der Waals surface area contributed by atoms with Gasteiger partial charge in [0.05, 0.1) is 12.3 Å². The first-order valence-corrected chi connectivity index (χ1v) is 7.83. The minimum Gasteiger partial charge on any atom is -0.480 e. The van der Waals surface area contributed by atoms with E-state index in [-0.39, 0.29) is 11.7 Å². The summed E-state index contributed by atoms with van der Waals surface area (Å²) < 4.78 is 29.8. The van der Waals surface area contributed by atoms with Crippen molar-refractivity contribution in [2.24, 2.45) is 5.92 Å². The molecule has 1 amide bonds. The second-order valence-electron chi connectivity index (χ2n) is 4.61. The van der Waals surface area contributed by atoms with Crippen molar-refractivity contribution in [3.63, 3.8) is 0 Å². The zero-order valence-electron chi connectivity index (χ0n) is 11.9. The first kappa shape index (κ1) is 18.8. The van der Waals surface area contributed by atoms with Gasteiger partial charge in [-0.15, -0.1) is 0 Å². The van der Waals surface area contributed by atoms with E-state index >= 15 is 0 Å². The molecule has 0 aromatic heterocycles. The van der Waals surface area contributed by atoms with Crippen LogP contribution in [0.4, 0.5) is 0 Å². The number of nitrogens with one attached hydrogen (secondary N) is 2. The van der Waals surface area contributed by atoms with Gasteiger partial charge in [0.2, 0.25) is 15.9 Å². The number of rotatable bonds is 10. The maximum atomic E-state index is 11.5. The summed E-state index contributed by atoms with van der Waals surface area (Å²) in [6, 6.07) is -1.04. The highest BCUT2D eigenvalue weighted by Crippen LogP contribution is 2.01. The molecular weight excluding hydrogens is 288 g/mol. The number of carboxylic acids is 1. The summed E-state index contributed by atoms with van der Waals surface area (Å²) in [5, 5.41) is 11.2. The fourth-order valence-corrected chi connectivity index (χ4v) is 2.37. The fourth-order valence-electron chi connectivity index (χ4n) is 1.38. The molecule has 0 saturated heterocycles. The Labute approximate surface area is 118 Å². The van der Waals surface area contributed by atoms with E-state index in [2.05, 4.69) is 10.0 Å². The van der Waals surface area contributed by atoms with Crippen molar-refractivity contribution in [2.75, 3.05) is 26.0 Å². The number of carbonyl (C=O) groups excluding carboxylic acids is 1. The lowest BCUT2D eigenvalue weighted by Gasteiger charge is -2.18. The lowest BCUT2D eigenvalue weighted by atomic mass is 10.1. The SMILES string of the molecule is COCCCS(=O)(=O)NCC(=O)N[C@H](C(=O)O)C(C)C. The maximum Gasteiger partial charge on any atom is 0.326 e. The van der Waals surface area contributed by atoms with Gasteiger partial charge in [0.15, 0.2) is 0 Å². The molecule has 0 aliphatic rings. The molecule has 20 heavy (non-hydrogen) atoms. The zero-order chi connectivity index (χ0) is 15.8. The van der Waals surface area contributed by atoms with Crippen LogP contribution in [0.25, 0.3) is 0 Å². The minimum atomic E-state index is -3.56. The highest BCUT2D eigenvalue weighted by molar-refractivity contribution is 7.89. The van der Waals surface area contributed by atoms with Crippen molar-refractivity contribution in [3.05, 3.63) is 0 Å². The number of amides is 1. The molecule has 3 N–H and O–H groups in total. The summed E-state index contributed by atoms with van der Waals surface area (Å²) in [6.45, 7) is 3.12. The van der Waals surface area contributed by atoms with Gasteiger partial charge >= 0.3 is 5.97 Å². The standard InChI is InChI=1S/C11H22N2O6S/c1-8(2)10(11(15)16)13-9(14)7-12-20(17,18)6-4-5-19-3/h8,10,12H,4-7H2,1-3H3,(H,13,14)(H,15,16)/t10-/m0/s1. The Morgan fingerprint density at radius 1 is 1.30 bits per heavy atom. The Morgan fingerprint density at radius 2 is 1.90 bits per heavy atom. The minimum absolute atomic E-state index is 0.152. The van der Waals surface area contributed by atoms with Crippen molar-refractivity contribution in [1.29, 1.82) is 0 Å². The normalized spacial score (nSPS) is 13.2. The first-order chi connectivity index (χ1) is 9.19. The van der Waals surface area contributed by atoms with Gasteiger partial charge in [-0.3, -0.25) is 4.79 Å². The highest BCUT2D eigenvalue weighted by atomic mass is 32.2. The Kier molecular flexibility index (Phi) is 8.35.